The second-order valence-corrected chi connectivity index (χ2v) is 12.1. The van der Waals surface area contributed by atoms with E-state index in [9.17, 15) is 22.6 Å². The Hall–Kier alpha value is -2.68. The fourth-order valence-corrected chi connectivity index (χ4v) is 6.48. The number of fused-ring (bicyclic) bond motifs is 1. The highest BCUT2D eigenvalue weighted by Gasteiger charge is 2.48. The van der Waals surface area contributed by atoms with Crippen LogP contribution in [0.5, 0.6) is 0 Å². The Morgan fingerprint density at radius 3 is 2.59 bits per heavy atom. The summed E-state index contributed by atoms with van der Waals surface area (Å²) in [7, 11) is -1.56. The first-order valence-electron chi connectivity index (χ1n) is 10.3. The number of nitriles is 1. The van der Waals surface area contributed by atoms with Gasteiger partial charge in [-0.15, -0.1) is 11.3 Å². The third kappa shape index (κ3) is 4.15. The molecule has 0 N–H and O–H groups in total. The van der Waals surface area contributed by atoms with Gasteiger partial charge in [-0.25, -0.2) is 12.9 Å². The van der Waals surface area contributed by atoms with Crippen LogP contribution in [-0.4, -0.2) is 36.0 Å². The number of alkyl halides is 3. The highest BCUT2D eigenvalue weighted by atomic mass is 32.2. The van der Waals surface area contributed by atoms with Crippen LogP contribution in [0.4, 0.5) is 17.6 Å². The Balaban J connectivity index is 1.97. The second-order valence-electron chi connectivity index (χ2n) is 8.77. The largest absolute Gasteiger partial charge is 0.440 e. The van der Waals surface area contributed by atoms with Crippen molar-refractivity contribution in [2.75, 3.05) is 0 Å². The zero-order valence-corrected chi connectivity index (χ0v) is 20.4. The van der Waals surface area contributed by atoms with E-state index in [1.807, 2.05) is 0 Å². The second kappa shape index (κ2) is 8.52. The van der Waals surface area contributed by atoms with Crippen molar-refractivity contribution in [2.24, 2.45) is 5.10 Å². The molecule has 1 aromatic heterocycles. The van der Waals surface area contributed by atoms with Crippen LogP contribution in [0.3, 0.4) is 0 Å². The van der Waals surface area contributed by atoms with Crippen molar-refractivity contribution >= 4 is 39.8 Å². The van der Waals surface area contributed by atoms with Crippen molar-refractivity contribution < 1.29 is 26.5 Å². The predicted octanol–water partition coefficient (Wildman–Crippen LogP) is 5.50. The SMILES string of the molecule is C/C=[N+]1/C=C(c2c(F)cccc2[C@H]2c3cc(C#N)sc3CN2[S@](=O)C(C)(C)C)C(C(F)(F)F)=N1. The van der Waals surface area contributed by atoms with Crippen LogP contribution in [0.25, 0.3) is 5.57 Å². The van der Waals surface area contributed by atoms with Gasteiger partial charge >= 0.3 is 6.18 Å². The van der Waals surface area contributed by atoms with Crippen LogP contribution >= 0.6 is 11.3 Å². The van der Waals surface area contributed by atoms with Gasteiger partial charge in [0.1, 0.15) is 27.7 Å². The number of hydrogen-bond donors (Lipinski definition) is 0. The van der Waals surface area contributed by atoms with Crippen LogP contribution in [-0.2, 0) is 17.5 Å². The summed E-state index contributed by atoms with van der Waals surface area (Å²) in [5.74, 6) is -0.843. The van der Waals surface area contributed by atoms with E-state index in [2.05, 4.69) is 11.2 Å². The van der Waals surface area contributed by atoms with Crippen LogP contribution in [0.15, 0.2) is 35.6 Å². The molecule has 11 heteroatoms. The van der Waals surface area contributed by atoms with Gasteiger partial charge in [0.15, 0.2) is 6.21 Å². The molecule has 0 unspecified atom stereocenters. The third-order valence-electron chi connectivity index (χ3n) is 5.45. The minimum atomic E-state index is -4.81. The molecule has 0 amide bonds. The molecule has 2 atom stereocenters. The van der Waals surface area contributed by atoms with E-state index >= 15 is 4.39 Å². The first-order chi connectivity index (χ1) is 15.9. The van der Waals surface area contributed by atoms with Crippen molar-refractivity contribution in [3.63, 3.8) is 0 Å². The average Bonchev–Trinajstić information content (AvgIpc) is 3.43. The highest BCUT2D eigenvalue weighted by molar-refractivity contribution is 7.84. The molecule has 0 spiro atoms. The van der Waals surface area contributed by atoms with Gasteiger partial charge in [-0.1, -0.05) is 16.8 Å². The molecule has 0 saturated carbocycles. The van der Waals surface area contributed by atoms with E-state index < -0.39 is 45.1 Å². The Bertz CT molecular complexity index is 1330. The summed E-state index contributed by atoms with van der Waals surface area (Å²) in [6.45, 7) is 7.14. The van der Waals surface area contributed by atoms with E-state index in [0.29, 0.717) is 10.4 Å². The van der Waals surface area contributed by atoms with E-state index in [1.165, 1.54) is 30.5 Å². The molecule has 2 aliphatic rings. The molecule has 0 bridgehead atoms. The molecule has 0 saturated heterocycles. The number of allylic oxidation sites excluding steroid dienone is 1. The van der Waals surface area contributed by atoms with Crippen LogP contribution in [0.1, 0.15) is 60.2 Å². The van der Waals surface area contributed by atoms with Gasteiger partial charge in [-0.3, -0.25) is 0 Å². The van der Waals surface area contributed by atoms with Gasteiger partial charge < -0.3 is 0 Å². The minimum absolute atomic E-state index is 0.236. The van der Waals surface area contributed by atoms with Crippen molar-refractivity contribution in [2.45, 2.75) is 51.2 Å². The van der Waals surface area contributed by atoms with E-state index in [-0.39, 0.29) is 17.7 Å². The molecular weight excluding hydrogens is 488 g/mol. The fourth-order valence-electron chi connectivity index (χ4n) is 4.04. The Morgan fingerprint density at radius 1 is 1.29 bits per heavy atom. The number of thiophene rings is 1. The Morgan fingerprint density at radius 2 is 2.00 bits per heavy atom. The standard InChI is InChI=1S/C23H21F4N4OS2/c1-5-30-11-16(21(29-30)23(25,26)27)19-14(7-6-8-17(19)24)20-15-9-13(10-28)33-18(15)12-31(20)34(32)22(2,3)4/h5-9,11,20H,12H2,1-4H3/q+1/b30-5-/t20-,34+/m0/s1. The maximum atomic E-state index is 15.3. The fraction of sp³-hybridized carbons (Fsp3) is 0.348. The summed E-state index contributed by atoms with van der Waals surface area (Å²) in [4.78, 5) is 1.21. The van der Waals surface area contributed by atoms with Gasteiger partial charge in [0.25, 0.3) is 0 Å². The lowest BCUT2D eigenvalue weighted by molar-refractivity contribution is -0.453. The monoisotopic (exact) mass is 509 g/mol. The summed E-state index contributed by atoms with van der Waals surface area (Å²) >= 11 is 1.24. The molecule has 5 nitrogen and oxygen atoms in total. The lowest BCUT2D eigenvalue weighted by Crippen LogP contribution is -2.37. The summed E-state index contributed by atoms with van der Waals surface area (Å²) in [6.07, 6.45) is -2.33. The zero-order valence-electron chi connectivity index (χ0n) is 18.8. The lowest BCUT2D eigenvalue weighted by atomic mass is 9.90. The maximum Gasteiger partial charge on any atom is 0.440 e. The van der Waals surface area contributed by atoms with Crippen molar-refractivity contribution in [1.29, 1.82) is 5.26 Å². The number of benzene rings is 1. The van der Waals surface area contributed by atoms with Crippen molar-refractivity contribution in [3.8, 4) is 6.07 Å². The minimum Gasteiger partial charge on any atom is -0.242 e. The average molecular weight is 510 g/mol. The molecule has 34 heavy (non-hydrogen) atoms. The molecule has 178 valence electrons. The molecule has 0 fully saturated rings. The molecule has 1 aromatic carbocycles. The topological polar surface area (TPSA) is 59.5 Å². The van der Waals surface area contributed by atoms with Gasteiger partial charge in [0, 0.05) is 29.0 Å². The molecule has 4 rings (SSSR count). The van der Waals surface area contributed by atoms with E-state index in [1.54, 1.807) is 37.2 Å². The predicted molar refractivity (Wildman–Crippen MR) is 124 cm³/mol. The zero-order chi connectivity index (χ0) is 25.0. The van der Waals surface area contributed by atoms with E-state index in [0.717, 1.165) is 21.8 Å². The smallest absolute Gasteiger partial charge is 0.242 e. The van der Waals surface area contributed by atoms with Crippen molar-refractivity contribution in [3.05, 3.63) is 62.7 Å². The molecule has 0 aliphatic carbocycles. The lowest BCUT2D eigenvalue weighted by Gasteiger charge is -2.31. The normalized spacial score (nSPS) is 20.8. The Labute approximate surface area is 200 Å². The number of rotatable bonds is 3. The summed E-state index contributed by atoms with van der Waals surface area (Å²) in [5, 5.41) is 13.0. The number of halogens is 4. The number of hydrazone groups is 1. The summed E-state index contributed by atoms with van der Waals surface area (Å²) < 4.78 is 72.4. The molecular formula is C23H21F4N4OS2+. The van der Waals surface area contributed by atoms with Gasteiger partial charge in [0.2, 0.25) is 11.9 Å². The third-order valence-corrected chi connectivity index (χ3v) is 8.30. The molecule has 0 radical (unpaired) electrons. The van der Waals surface area contributed by atoms with Crippen LogP contribution in [0, 0.1) is 17.1 Å². The number of nitrogens with zero attached hydrogens (tertiary/aromatic N) is 4. The quantitative estimate of drug-likeness (QED) is 0.405. The van der Waals surface area contributed by atoms with E-state index in [4.69, 9.17) is 0 Å². The van der Waals surface area contributed by atoms with Crippen LogP contribution < -0.4 is 0 Å². The number of hydrogen-bond acceptors (Lipinski definition) is 4. The first-order valence-corrected chi connectivity index (χ1v) is 12.2. The molecule has 3 heterocycles. The summed E-state index contributed by atoms with van der Waals surface area (Å²) in [5.41, 5.74) is -0.971. The van der Waals surface area contributed by atoms with Gasteiger partial charge in [0.05, 0.1) is 16.4 Å². The Kier molecular flexibility index (Phi) is 6.12. The van der Waals surface area contributed by atoms with Crippen LogP contribution in [0.2, 0.25) is 0 Å². The van der Waals surface area contributed by atoms with Crippen molar-refractivity contribution in [1.82, 2.24) is 4.31 Å². The first kappa shape index (κ1) is 24.4. The van der Waals surface area contributed by atoms with Gasteiger partial charge in [-0.05, 0) is 44.0 Å². The molecule has 2 aliphatic heterocycles. The van der Waals surface area contributed by atoms with Gasteiger partial charge in [-0.2, -0.15) is 18.4 Å². The molecule has 2 aromatic rings. The summed E-state index contributed by atoms with van der Waals surface area (Å²) in [6, 6.07) is 7.00. The maximum absolute atomic E-state index is 15.3. The highest BCUT2D eigenvalue weighted by Crippen LogP contribution is 2.48.